The number of hydrogen-bond donors (Lipinski definition) is 2. The molecule has 5 rings (SSSR count). The highest BCUT2D eigenvalue weighted by atomic mass is 19.1. The lowest BCUT2D eigenvalue weighted by molar-refractivity contribution is -0.116. The molecule has 0 fully saturated rings. The lowest BCUT2D eigenvalue weighted by Gasteiger charge is -2.08. The maximum absolute atomic E-state index is 13.5. The van der Waals surface area contributed by atoms with Gasteiger partial charge in [0, 0.05) is 24.2 Å². The molecule has 1 amide bonds. The van der Waals surface area contributed by atoms with Gasteiger partial charge in [-0.2, -0.15) is 0 Å². The van der Waals surface area contributed by atoms with Crippen LogP contribution >= 0.6 is 0 Å². The number of halogens is 1. The van der Waals surface area contributed by atoms with E-state index < -0.39 is 0 Å². The number of rotatable bonds is 5. The number of carbonyl (C=O) groups excluding carboxylic acids is 1. The number of fused-ring (bicyclic) bond motifs is 2. The molecule has 0 aliphatic heterocycles. The average molecular weight is 427 g/mol. The number of carbonyl (C=O) groups is 1. The fourth-order valence-corrected chi connectivity index (χ4v) is 3.57. The summed E-state index contributed by atoms with van der Waals surface area (Å²) in [5.41, 5.74) is 3.12. The van der Waals surface area contributed by atoms with Crippen molar-refractivity contribution < 1.29 is 9.18 Å². The number of aryl methyl sites for hydroxylation is 1. The quantitative estimate of drug-likeness (QED) is 0.442. The van der Waals surface area contributed by atoms with E-state index in [0.29, 0.717) is 33.5 Å². The molecule has 2 aromatic heterocycles. The van der Waals surface area contributed by atoms with Crippen molar-refractivity contribution in [2.75, 3.05) is 5.32 Å². The van der Waals surface area contributed by atoms with Crippen LogP contribution in [0.4, 0.5) is 10.1 Å². The molecule has 0 spiro atoms. The monoisotopic (exact) mass is 427 g/mol. The zero-order valence-electron chi connectivity index (χ0n) is 16.9. The van der Waals surface area contributed by atoms with Gasteiger partial charge in [-0.25, -0.2) is 14.4 Å². The standard InChI is InChI=1S/C24H18FN5O2/c25-16-5-3-4-15(12-16)23-28-20-9-8-17(13-21(20)29-23)27-22(31)10-11-30-14-26-19-7-2-1-6-18(19)24(30)32/h1-9,12-14H,10-11H2,(H,27,31)(H,28,29). The first-order chi connectivity index (χ1) is 15.6. The van der Waals surface area contributed by atoms with Crippen LogP contribution in [0.15, 0.2) is 77.9 Å². The highest BCUT2D eigenvalue weighted by molar-refractivity contribution is 5.93. The maximum atomic E-state index is 13.5. The summed E-state index contributed by atoms with van der Waals surface area (Å²) in [7, 11) is 0. The number of aromatic amines is 1. The number of benzene rings is 3. The lowest BCUT2D eigenvalue weighted by Crippen LogP contribution is -2.23. The second-order valence-corrected chi connectivity index (χ2v) is 7.39. The molecule has 158 valence electrons. The number of nitrogens with one attached hydrogen (secondary N) is 2. The Hall–Kier alpha value is -4.33. The molecule has 5 aromatic rings. The highest BCUT2D eigenvalue weighted by Gasteiger charge is 2.10. The van der Waals surface area contributed by atoms with Crippen molar-refractivity contribution in [2.24, 2.45) is 0 Å². The summed E-state index contributed by atoms with van der Waals surface area (Å²) in [6, 6.07) is 18.6. The van der Waals surface area contributed by atoms with E-state index in [0.717, 1.165) is 5.52 Å². The van der Waals surface area contributed by atoms with Crippen LogP contribution in [-0.2, 0) is 11.3 Å². The fraction of sp³-hybridized carbons (Fsp3) is 0.0833. The zero-order valence-corrected chi connectivity index (χ0v) is 16.9. The topological polar surface area (TPSA) is 92.7 Å². The largest absolute Gasteiger partial charge is 0.338 e. The van der Waals surface area contributed by atoms with E-state index in [1.54, 1.807) is 48.5 Å². The Bertz CT molecular complexity index is 1520. The number of aromatic nitrogens is 4. The van der Waals surface area contributed by atoms with Crippen LogP contribution in [0.2, 0.25) is 0 Å². The minimum atomic E-state index is -0.336. The minimum absolute atomic E-state index is 0.121. The van der Waals surface area contributed by atoms with Gasteiger partial charge >= 0.3 is 0 Å². The van der Waals surface area contributed by atoms with Crippen molar-refractivity contribution in [1.82, 2.24) is 19.5 Å². The predicted molar refractivity (Wildman–Crippen MR) is 121 cm³/mol. The second kappa shape index (κ2) is 8.07. The molecule has 0 saturated heterocycles. The van der Waals surface area contributed by atoms with Crippen LogP contribution in [0.1, 0.15) is 6.42 Å². The molecule has 0 unspecified atom stereocenters. The van der Waals surface area contributed by atoms with Crippen molar-refractivity contribution in [3.05, 3.63) is 89.2 Å². The van der Waals surface area contributed by atoms with Gasteiger partial charge in [0.05, 0.1) is 28.3 Å². The number of H-pyrrole nitrogens is 1. The fourth-order valence-electron chi connectivity index (χ4n) is 3.57. The molecule has 7 nitrogen and oxygen atoms in total. The molecule has 2 N–H and O–H groups in total. The lowest BCUT2D eigenvalue weighted by atomic mass is 10.2. The van der Waals surface area contributed by atoms with Gasteiger partial charge in [-0.15, -0.1) is 0 Å². The molecule has 32 heavy (non-hydrogen) atoms. The van der Waals surface area contributed by atoms with Gasteiger partial charge in [-0.05, 0) is 42.5 Å². The number of hydrogen-bond acceptors (Lipinski definition) is 4. The molecule has 0 saturated carbocycles. The van der Waals surface area contributed by atoms with Crippen molar-refractivity contribution in [3.63, 3.8) is 0 Å². The Morgan fingerprint density at radius 3 is 2.78 bits per heavy atom. The molecular formula is C24H18FN5O2. The molecule has 2 heterocycles. The molecule has 0 aliphatic rings. The van der Waals surface area contributed by atoms with Crippen molar-refractivity contribution in [1.29, 1.82) is 0 Å². The SMILES string of the molecule is O=C(CCn1cnc2ccccc2c1=O)Nc1ccc2nc(-c3cccc(F)c3)[nH]c2c1. The van der Waals surface area contributed by atoms with E-state index in [1.165, 1.54) is 23.0 Å². The Morgan fingerprint density at radius 1 is 1.03 bits per heavy atom. The highest BCUT2D eigenvalue weighted by Crippen LogP contribution is 2.23. The van der Waals surface area contributed by atoms with Gasteiger partial charge in [0.1, 0.15) is 11.6 Å². The van der Waals surface area contributed by atoms with Crippen LogP contribution in [0, 0.1) is 5.82 Å². The first-order valence-corrected chi connectivity index (χ1v) is 10.1. The molecule has 0 radical (unpaired) electrons. The van der Waals surface area contributed by atoms with E-state index in [4.69, 9.17) is 0 Å². The Morgan fingerprint density at radius 2 is 1.91 bits per heavy atom. The van der Waals surface area contributed by atoms with E-state index >= 15 is 0 Å². The van der Waals surface area contributed by atoms with Gasteiger partial charge < -0.3 is 10.3 Å². The Balaban J connectivity index is 1.29. The van der Waals surface area contributed by atoms with Crippen molar-refractivity contribution in [2.45, 2.75) is 13.0 Å². The van der Waals surface area contributed by atoms with Gasteiger partial charge in [0.2, 0.25) is 5.91 Å². The first kappa shape index (κ1) is 19.6. The summed E-state index contributed by atoms with van der Waals surface area (Å²) in [6.45, 7) is 0.221. The Kier molecular flexibility index (Phi) is 4.95. The number of anilines is 1. The molecule has 0 aliphatic carbocycles. The summed E-state index contributed by atoms with van der Waals surface area (Å²) in [6.07, 6.45) is 1.58. The van der Waals surface area contributed by atoms with Crippen LogP contribution in [0.25, 0.3) is 33.3 Å². The van der Waals surface area contributed by atoms with Crippen LogP contribution in [0.5, 0.6) is 0 Å². The minimum Gasteiger partial charge on any atom is -0.338 e. The van der Waals surface area contributed by atoms with Crippen LogP contribution in [-0.4, -0.2) is 25.4 Å². The molecule has 0 bridgehead atoms. The maximum Gasteiger partial charge on any atom is 0.261 e. The predicted octanol–water partition coefficient (Wildman–Crippen LogP) is 4.11. The van der Waals surface area contributed by atoms with Gasteiger partial charge in [-0.3, -0.25) is 14.2 Å². The van der Waals surface area contributed by atoms with Gasteiger partial charge in [0.15, 0.2) is 0 Å². The third kappa shape index (κ3) is 3.85. The number of para-hydroxylation sites is 1. The van der Waals surface area contributed by atoms with Crippen LogP contribution in [0.3, 0.4) is 0 Å². The summed E-state index contributed by atoms with van der Waals surface area (Å²) >= 11 is 0. The van der Waals surface area contributed by atoms with E-state index in [1.807, 2.05) is 6.07 Å². The molecule has 8 heteroatoms. The van der Waals surface area contributed by atoms with Crippen LogP contribution < -0.4 is 10.9 Å². The Labute approximate surface area is 181 Å². The molecular weight excluding hydrogens is 409 g/mol. The number of amides is 1. The second-order valence-electron chi connectivity index (χ2n) is 7.39. The van der Waals surface area contributed by atoms with Gasteiger partial charge in [-0.1, -0.05) is 24.3 Å². The number of imidazole rings is 1. The van der Waals surface area contributed by atoms with E-state index in [9.17, 15) is 14.0 Å². The average Bonchev–Trinajstić information content (AvgIpc) is 3.22. The summed E-state index contributed by atoms with van der Waals surface area (Å²) in [5, 5.41) is 3.36. The third-order valence-corrected chi connectivity index (χ3v) is 5.17. The van der Waals surface area contributed by atoms with E-state index in [2.05, 4.69) is 20.3 Å². The third-order valence-electron chi connectivity index (χ3n) is 5.17. The smallest absolute Gasteiger partial charge is 0.261 e. The number of nitrogens with zero attached hydrogens (tertiary/aromatic N) is 3. The molecule has 3 aromatic carbocycles. The van der Waals surface area contributed by atoms with Gasteiger partial charge in [0.25, 0.3) is 5.56 Å². The first-order valence-electron chi connectivity index (χ1n) is 10.1. The zero-order chi connectivity index (χ0) is 22.1. The van der Waals surface area contributed by atoms with Crippen molar-refractivity contribution >= 4 is 33.5 Å². The van der Waals surface area contributed by atoms with Crippen molar-refractivity contribution in [3.8, 4) is 11.4 Å². The normalized spacial score (nSPS) is 11.2. The molecule has 0 atom stereocenters. The summed E-state index contributed by atoms with van der Waals surface area (Å²) in [4.78, 5) is 36.9. The summed E-state index contributed by atoms with van der Waals surface area (Å²) < 4.78 is 14.9. The summed E-state index contributed by atoms with van der Waals surface area (Å²) in [5.74, 6) is -0.0166. The van der Waals surface area contributed by atoms with E-state index in [-0.39, 0.29) is 30.2 Å².